The van der Waals surface area contributed by atoms with Crippen molar-refractivity contribution in [2.45, 2.75) is 77.2 Å². The number of benzene rings is 1. The number of aliphatic hydroxyl groups excluding tert-OH is 1. The number of aryl methyl sites for hydroxylation is 2. The van der Waals surface area contributed by atoms with Crippen LogP contribution in [0.25, 0.3) is 0 Å². The highest BCUT2D eigenvalue weighted by molar-refractivity contribution is 6.04. The SMILES string of the molecule is CCOC(=O)[C@H]1[C@H]2C(=O)N([C@@H](CC)CO)C(C(=O)Nc3c(C)cccc3C)C23CC[C@]1(C)O3. The average molecular weight is 459 g/mol. The molecule has 2 unspecified atom stereocenters. The Hall–Kier alpha value is -2.45. The van der Waals surface area contributed by atoms with Gasteiger partial charge in [0.1, 0.15) is 17.6 Å². The number of likely N-dealkylation sites (tertiary alicyclic amines) is 1. The van der Waals surface area contributed by atoms with E-state index in [1.807, 2.05) is 45.9 Å². The van der Waals surface area contributed by atoms with Crippen LogP contribution in [-0.4, -0.2) is 64.3 Å². The molecule has 0 saturated carbocycles. The molecule has 6 atom stereocenters. The quantitative estimate of drug-likeness (QED) is 0.608. The Labute approximate surface area is 194 Å². The first-order chi connectivity index (χ1) is 15.6. The lowest BCUT2D eigenvalue weighted by molar-refractivity contribution is -0.160. The highest BCUT2D eigenvalue weighted by Gasteiger charge is 2.78. The molecule has 8 nitrogen and oxygen atoms in total. The lowest BCUT2D eigenvalue weighted by Crippen LogP contribution is -2.56. The number of anilines is 1. The van der Waals surface area contributed by atoms with E-state index >= 15 is 0 Å². The maximum atomic E-state index is 13.9. The molecule has 1 spiro atoms. The summed E-state index contributed by atoms with van der Waals surface area (Å²) < 4.78 is 11.8. The molecule has 2 amide bonds. The third-order valence-electron chi connectivity index (χ3n) is 7.81. The largest absolute Gasteiger partial charge is 0.466 e. The molecule has 180 valence electrons. The van der Waals surface area contributed by atoms with E-state index in [4.69, 9.17) is 9.47 Å². The summed E-state index contributed by atoms with van der Waals surface area (Å²) in [4.78, 5) is 42.2. The Morgan fingerprint density at radius 1 is 1.27 bits per heavy atom. The fraction of sp³-hybridized carbons (Fsp3) is 0.640. The van der Waals surface area contributed by atoms with Crippen LogP contribution in [0.4, 0.5) is 5.69 Å². The highest BCUT2D eigenvalue weighted by atomic mass is 16.6. The molecule has 3 aliphatic heterocycles. The van der Waals surface area contributed by atoms with Crippen molar-refractivity contribution >= 4 is 23.5 Å². The molecular formula is C25H34N2O6. The predicted octanol–water partition coefficient (Wildman–Crippen LogP) is 2.34. The van der Waals surface area contributed by atoms with Gasteiger partial charge in [-0.2, -0.15) is 0 Å². The summed E-state index contributed by atoms with van der Waals surface area (Å²) >= 11 is 0. The number of nitrogens with one attached hydrogen (secondary N) is 1. The number of esters is 1. The molecule has 2 bridgehead atoms. The molecule has 3 aliphatic rings. The summed E-state index contributed by atoms with van der Waals surface area (Å²) in [5.41, 5.74) is 0.530. The van der Waals surface area contributed by atoms with Gasteiger partial charge in [-0.15, -0.1) is 0 Å². The van der Waals surface area contributed by atoms with Crippen molar-refractivity contribution in [2.24, 2.45) is 11.8 Å². The fourth-order valence-corrected chi connectivity index (χ4v) is 6.26. The first-order valence-electron chi connectivity index (χ1n) is 11.8. The molecular weight excluding hydrogens is 424 g/mol. The molecule has 4 rings (SSSR count). The number of carbonyl (C=O) groups is 3. The van der Waals surface area contributed by atoms with Crippen molar-refractivity contribution in [3.63, 3.8) is 0 Å². The van der Waals surface area contributed by atoms with E-state index < -0.39 is 41.1 Å². The second-order valence-electron chi connectivity index (χ2n) is 9.73. The molecule has 1 aromatic rings. The molecule has 8 heteroatoms. The third kappa shape index (κ3) is 3.37. The zero-order chi connectivity index (χ0) is 24.1. The minimum atomic E-state index is -1.13. The zero-order valence-electron chi connectivity index (χ0n) is 20.0. The second-order valence-corrected chi connectivity index (χ2v) is 9.73. The lowest BCUT2D eigenvalue weighted by atomic mass is 9.66. The second kappa shape index (κ2) is 8.40. The first-order valence-corrected chi connectivity index (χ1v) is 11.8. The van der Waals surface area contributed by atoms with E-state index in [9.17, 15) is 19.5 Å². The summed E-state index contributed by atoms with van der Waals surface area (Å²) in [6.07, 6.45) is 1.51. The van der Waals surface area contributed by atoms with Crippen LogP contribution in [0.3, 0.4) is 0 Å². The normalized spacial score (nSPS) is 33.2. The van der Waals surface area contributed by atoms with Crippen LogP contribution >= 0.6 is 0 Å². The standard InChI is InChI=1S/C25H34N2O6/c1-6-16(13-28)27-20(21(29)26-19-14(3)9-8-10-15(19)4)25-12-11-24(5,33-25)18(17(25)22(27)30)23(31)32-7-2/h8-10,16-18,20,28H,6-7,11-13H2,1-5H3,(H,26,29)/t16-,17-,18+,20?,24-,25?/m0/s1. The maximum Gasteiger partial charge on any atom is 0.312 e. The zero-order valence-corrected chi connectivity index (χ0v) is 20.0. The smallest absolute Gasteiger partial charge is 0.312 e. The number of para-hydroxylation sites is 1. The third-order valence-corrected chi connectivity index (χ3v) is 7.81. The van der Waals surface area contributed by atoms with Gasteiger partial charge < -0.3 is 24.8 Å². The van der Waals surface area contributed by atoms with E-state index in [2.05, 4.69) is 5.32 Å². The van der Waals surface area contributed by atoms with Gasteiger partial charge in [0.2, 0.25) is 11.8 Å². The molecule has 0 radical (unpaired) electrons. The molecule has 3 heterocycles. The number of nitrogens with zero attached hydrogens (tertiary/aromatic N) is 1. The molecule has 0 aliphatic carbocycles. The van der Waals surface area contributed by atoms with Crippen LogP contribution in [0, 0.1) is 25.7 Å². The maximum absolute atomic E-state index is 13.9. The van der Waals surface area contributed by atoms with E-state index in [1.165, 1.54) is 4.90 Å². The number of carbonyl (C=O) groups excluding carboxylic acids is 3. The Balaban J connectivity index is 1.79. The number of amides is 2. The molecule has 33 heavy (non-hydrogen) atoms. The first kappa shape index (κ1) is 23.7. The number of rotatable bonds is 7. The van der Waals surface area contributed by atoms with Crippen LogP contribution in [0.5, 0.6) is 0 Å². The van der Waals surface area contributed by atoms with Crippen molar-refractivity contribution < 1.29 is 29.0 Å². The van der Waals surface area contributed by atoms with Crippen LogP contribution in [-0.2, 0) is 23.9 Å². The van der Waals surface area contributed by atoms with Crippen molar-refractivity contribution in [3.05, 3.63) is 29.3 Å². The molecule has 3 saturated heterocycles. The Morgan fingerprint density at radius 3 is 2.52 bits per heavy atom. The predicted molar refractivity (Wildman–Crippen MR) is 121 cm³/mol. The number of ether oxygens (including phenoxy) is 2. The monoisotopic (exact) mass is 458 g/mol. The van der Waals surface area contributed by atoms with Crippen molar-refractivity contribution in [2.75, 3.05) is 18.5 Å². The van der Waals surface area contributed by atoms with Gasteiger partial charge in [-0.25, -0.2) is 0 Å². The van der Waals surface area contributed by atoms with Crippen LogP contribution < -0.4 is 5.32 Å². The fourth-order valence-electron chi connectivity index (χ4n) is 6.26. The van der Waals surface area contributed by atoms with E-state index in [1.54, 1.807) is 6.92 Å². The minimum absolute atomic E-state index is 0.202. The van der Waals surface area contributed by atoms with Gasteiger partial charge in [0.15, 0.2) is 0 Å². The van der Waals surface area contributed by atoms with Gasteiger partial charge in [-0.05, 0) is 58.1 Å². The summed E-state index contributed by atoms with van der Waals surface area (Å²) in [6, 6.07) is 4.25. The van der Waals surface area contributed by atoms with Gasteiger partial charge in [0, 0.05) is 5.69 Å². The summed E-state index contributed by atoms with van der Waals surface area (Å²) in [5, 5.41) is 13.1. The Bertz CT molecular complexity index is 955. The van der Waals surface area contributed by atoms with Crippen molar-refractivity contribution in [1.29, 1.82) is 0 Å². The van der Waals surface area contributed by atoms with E-state index in [0.29, 0.717) is 24.9 Å². The van der Waals surface area contributed by atoms with E-state index in [0.717, 1.165) is 11.1 Å². The van der Waals surface area contributed by atoms with Crippen molar-refractivity contribution in [3.8, 4) is 0 Å². The number of aliphatic hydroxyl groups is 1. The Kier molecular flexibility index (Phi) is 6.03. The van der Waals surface area contributed by atoms with Gasteiger partial charge in [0.05, 0.1) is 30.8 Å². The van der Waals surface area contributed by atoms with Gasteiger partial charge in [0.25, 0.3) is 0 Å². The van der Waals surface area contributed by atoms with Crippen LogP contribution in [0.15, 0.2) is 18.2 Å². The molecule has 2 N–H and O–H groups in total. The van der Waals surface area contributed by atoms with E-state index in [-0.39, 0.29) is 25.0 Å². The average Bonchev–Trinajstić information content (AvgIpc) is 3.33. The summed E-state index contributed by atoms with van der Waals surface area (Å²) in [7, 11) is 0. The van der Waals surface area contributed by atoms with Crippen LogP contribution in [0.2, 0.25) is 0 Å². The number of hydrogen-bond donors (Lipinski definition) is 2. The summed E-state index contributed by atoms with van der Waals surface area (Å²) in [6.45, 7) is 9.18. The topological polar surface area (TPSA) is 105 Å². The number of hydrogen-bond acceptors (Lipinski definition) is 6. The number of fused-ring (bicyclic) bond motifs is 1. The van der Waals surface area contributed by atoms with Crippen LogP contribution in [0.1, 0.15) is 51.2 Å². The minimum Gasteiger partial charge on any atom is -0.466 e. The molecule has 1 aromatic carbocycles. The van der Waals surface area contributed by atoms with Crippen molar-refractivity contribution in [1.82, 2.24) is 4.90 Å². The van der Waals surface area contributed by atoms with Gasteiger partial charge in [-0.1, -0.05) is 25.1 Å². The Morgan fingerprint density at radius 2 is 1.94 bits per heavy atom. The van der Waals surface area contributed by atoms with Gasteiger partial charge >= 0.3 is 5.97 Å². The van der Waals surface area contributed by atoms with Gasteiger partial charge in [-0.3, -0.25) is 14.4 Å². The molecule has 0 aromatic heterocycles. The summed E-state index contributed by atoms with van der Waals surface area (Å²) in [5.74, 6) is -2.74. The highest BCUT2D eigenvalue weighted by Crippen LogP contribution is 2.63. The molecule has 3 fully saturated rings. The lowest BCUT2D eigenvalue weighted by Gasteiger charge is -2.36.